The van der Waals surface area contributed by atoms with Crippen LogP contribution in [0.3, 0.4) is 0 Å². The Morgan fingerprint density at radius 2 is 2.40 bits per heavy atom. The van der Waals surface area contributed by atoms with Crippen LogP contribution in [0.4, 0.5) is 0 Å². The number of fused-ring (bicyclic) bond motifs is 2. The Kier molecular flexibility index (Phi) is 1.46. The molecule has 0 aromatic carbocycles. The summed E-state index contributed by atoms with van der Waals surface area (Å²) >= 11 is 0. The molecule has 2 heteroatoms. The summed E-state index contributed by atoms with van der Waals surface area (Å²) in [5, 5.41) is 0. The highest BCUT2D eigenvalue weighted by atomic mass is 16.7. The summed E-state index contributed by atoms with van der Waals surface area (Å²) in [7, 11) is 0. The smallest absolute Gasteiger partial charge is 0.147 e. The number of rotatable bonds is 0. The Bertz CT molecular complexity index is 123. The average Bonchev–Trinajstić information content (AvgIpc) is 1.86. The molecule has 2 atom stereocenters. The van der Waals surface area contributed by atoms with Crippen LogP contribution in [-0.4, -0.2) is 18.5 Å². The van der Waals surface area contributed by atoms with Crippen molar-refractivity contribution in [1.82, 2.24) is 0 Å². The van der Waals surface area contributed by atoms with E-state index in [1.165, 1.54) is 19.3 Å². The van der Waals surface area contributed by atoms with Crippen molar-refractivity contribution in [2.45, 2.75) is 44.3 Å². The van der Waals surface area contributed by atoms with E-state index in [-0.39, 0.29) is 5.60 Å². The highest BCUT2D eigenvalue weighted by Gasteiger charge is 2.36. The molecule has 2 nitrogen and oxygen atoms in total. The zero-order valence-corrected chi connectivity index (χ0v) is 6.43. The molecular formula is C8H14O2. The lowest BCUT2D eigenvalue weighted by Crippen LogP contribution is -2.44. The molecule has 0 N–H and O–H groups in total. The molecule has 1 aliphatic carbocycles. The third-order valence-electron chi connectivity index (χ3n) is 2.60. The van der Waals surface area contributed by atoms with Gasteiger partial charge in [0.1, 0.15) is 6.79 Å². The Hall–Kier alpha value is -0.0800. The Labute approximate surface area is 61.5 Å². The second-order valence-electron chi connectivity index (χ2n) is 3.60. The van der Waals surface area contributed by atoms with Crippen LogP contribution in [0, 0.1) is 0 Å². The molecule has 2 fully saturated rings. The minimum Gasteiger partial charge on any atom is -0.352 e. The molecule has 58 valence electrons. The maximum absolute atomic E-state index is 5.51. The van der Waals surface area contributed by atoms with E-state index in [2.05, 4.69) is 6.92 Å². The molecule has 0 spiro atoms. The normalized spacial score (nSPS) is 47.1. The van der Waals surface area contributed by atoms with E-state index < -0.39 is 0 Å². The quantitative estimate of drug-likeness (QED) is 0.512. The standard InChI is InChI=1S/C8H14O2/c1-8-4-2-3-7(5-8)9-6-10-8/h7H,2-6H2,1H3/t7?,8-/m1/s1. The Balaban J connectivity index is 2.07. The van der Waals surface area contributed by atoms with Gasteiger partial charge in [-0.05, 0) is 26.2 Å². The lowest BCUT2D eigenvalue weighted by molar-refractivity contribution is -0.234. The van der Waals surface area contributed by atoms with Crippen molar-refractivity contribution >= 4 is 0 Å². The largest absolute Gasteiger partial charge is 0.352 e. The van der Waals surface area contributed by atoms with Gasteiger partial charge in [0.25, 0.3) is 0 Å². The number of hydrogen-bond donors (Lipinski definition) is 0. The van der Waals surface area contributed by atoms with E-state index in [0.29, 0.717) is 12.9 Å². The third kappa shape index (κ3) is 1.06. The molecule has 1 heterocycles. The lowest BCUT2D eigenvalue weighted by Gasteiger charge is -2.42. The van der Waals surface area contributed by atoms with Crippen molar-refractivity contribution in [2.75, 3.05) is 6.79 Å². The zero-order chi connectivity index (χ0) is 7.03. The van der Waals surface area contributed by atoms with Gasteiger partial charge in [-0.3, -0.25) is 0 Å². The van der Waals surface area contributed by atoms with Gasteiger partial charge in [-0.15, -0.1) is 0 Å². The van der Waals surface area contributed by atoms with Crippen molar-refractivity contribution < 1.29 is 9.47 Å². The highest BCUT2D eigenvalue weighted by molar-refractivity contribution is 4.86. The van der Waals surface area contributed by atoms with Crippen LogP contribution >= 0.6 is 0 Å². The van der Waals surface area contributed by atoms with Gasteiger partial charge in [0.05, 0.1) is 11.7 Å². The second kappa shape index (κ2) is 2.21. The van der Waals surface area contributed by atoms with Gasteiger partial charge < -0.3 is 9.47 Å². The first-order chi connectivity index (χ1) is 4.79. The molecule has 1 saturated heterocycles. The molecule has 1 aliphatic heterocycles. The molecule has 10 heavy (non-hydrogen) atoms. The molecule has 2 aliphatic rings. The first kappa shape index (κ1) is 6.62. The molecule has 0 aromatic rings. The number of ether oxygens (including phenoxy) is 2. The van der Waals surface area contributed by atoms with E-state index in [4.69, 9.17) is 9.47 Å². The van der Waals surface area contributed by atoms with E-state index in [1.807, 2.05) is 0 Å². The average molecular weight is 142 g/mol. The zero-order valence-electron chi connectivity index (χ0n) is 6.43. The van der Waals surface area contributed by atoms with Crippen LogP contribution in [0.15, 0.2) is 0 Å². The Morgan fingerprint density at radius 1 is 1.50 bits per heavy atom. The molecule has 2 rings (SSSR count). The third-order valence-corrected chi connectivity index (χ3v) is 2.60. The fraction of sp³-hybridized carbons (Fsp3) is 1.00. The van der Waals surface area contributed by atoms with E-state index in [0.717, 1.165) is 6.42 Å². The van der Waals surface area contributed by atoms with E-state index in [9.17, 15) is 0 Å². The monoisotopic (exact) mass is 142 g/mol. The minimum atomic E-state index is 0.154. The van der Waals surface area contributed by atoms with Crippen molar-refractivity contribution in [1.29, 1.82) is 0 Å². The van der Waals surface area contributed by atoms with Gasteiger partial charge in [-0.1, -0.05) is 0 Å². The summed E-state index contributed by atoms with van der Waals surface area (Å²) in [6, 6.07) is 0. The van der Waals surface area contributed by atoms with Crippen molar-refractivity contribution in [2.24, 2.45) is 0 Å². The van der Waals surface area contributed by atoms with Crippen molar-refractivity contribution in [3.8, 4) is 0 Å². The fourth-order valence-corrected chi connectivity index (χ4v) is 1.94. The molecule has 1 unspecified atom stereocenters. The maximum atomic E-state index is 5.51. The summed E-state index contributed by atoms with van der Waals surface area (Å²) in [6.07, 6.45) is 5.31. The van der Waals surface area contributed by atoms with Gasteiger partial charge in [-0.25, -0.2) is 0 Å². The van der Waals surface area contributed by atoms with Gasteiger partial charge >= 0.3 is 0 Å². The molecular weight excluding hydrogens is 128 g/mol. The van der Waals surface area contributed by atoms with Gasteiger partial charge in [-0.2, -0.15) is 0 Å². The van der Waals surface area contributed by atoms with Gasteiger partial charge in [0.15, 0.2) is 0 Å². The Morgan fingerprint density at radius 3 is 3.10 bits per heavy atom. The summed E-state index contributed by atoms with van der Waals surface area (Å²) in [4.78, 5) is 0. The fourth-order valence-electron chi connectivity index (χ4n) is 1.94. The van der Waals surface area contributed by atoms with Crippen LogP contribution in [0.5, 0.6) is 0 Å². The molecule has 0 amide bonds. The van der Waals surface area contributed by atoms with Crippen LogP contribution in [0.2, 0.25) is 0 Å². The summed E-state index contributed by atoms with van der Waals surface area (Å²) < 4.78 is 10.9. The van der Waals surface area contributed by atoms with Crippen LogP contribution < -0.4 is 0 Å². The minimum absolute atomic E-state index is 0.154. The predicted molar refractivity (Wildman–Crippen MR) is 37.7 cm³/mol. The highest BCUT2D eigenvalue weighted by Crippen LogP contribution is 2.35. The molecule has 0 aromatic heterocycles. The molecule has 2 bridgehead atoms. The van der Waals surface area contributed by atoms with E-state index in [1.54, 1.807) is 0 Å². The van der Waals surface area contributed by atoms with Gasteiger partial charge in [0.2, 0.25) is 0 Å². The van der Waals surface area contributed by atoms with Crippen LogP contribution in [0.1, 0.15) is 32.6 Å². The van der Waals surface area contributed by atoms with Gasteiger partial charge in [0, 0.05) is 6.42 Å². The van der Waals surface area contributed by atoms with E-state index >= 15 is 0 Å². The van der Waals surface area contributed by atoms with Crippen LogP contribution in [0.25, 0.3) is 0 Å². The summed E-state index contributed by atoms with van der Waals surface area (Å²) in [6.45, 7) is 2.71. The predicted octanol–water partition coefficient (Wildman–Crippen LogP) is 1.69. The summed E-state index contributed by atoms with van der Waals surface area (Å²) in [5.74, 6) is 0. The first-order valence-electron chi connectivity index (χ1n) is 4.04. The summed E-state index contributed by atoms with van der Waals surface area (Å²) in [5.41, 5.74) is 0.154. The first-order valence-corrected chi connectivity index (χ1v) is 4.04. The van der Waals surface area contributed by atoms with Crippen molar-refractivity contribution in [3.63, 3.8) is 0 Å². The molecule has 1 saturated carbocycles. The topological polar surface area (TPSA) is 18.5 Å². The molecule has 0 radical (unpaired) electrons. The second-order valence-corrected chi connectivity index (χ2v) is 3.60. The van der Waals surface area contributed by atoms with Crippen LogP contribution in [-0.2, 0) is 9.47 Å². The van der Waals surface area contributed by atoms with Crippen molar-refractivity contribution in [3.05, 3.63) is 0 Å². The maximum Gasteiger partial charge on any atom is 0.147 e. The lowest BCUT2D eigenvalue weighted by atomic mass is 9.84. The number of hydrogen-bond acceptors (Lipinski definition) is 2. The SMILES string of the molecule is C[C@@]12CCCC(C1)OCO2.